The van der Waals surface area contributed by atoms with Gasteiger partial charge in [0.05, 0.1) is 4.90 Å². The van der Waals surface area contributed by atoms with Gasteiger partial charge in [-0.1, -0.05) is 23.7 Å². The Morgan fingerprint density at radius 2 is 1.72 bits per heavy atom. The largest absolute Gasteiger partial charge is 0.339 e. The van der Waals surface area contributed by atoms with Crippen molar-refractivity contribution in [2.75, 3.05) is 13.1 Å². The maximum absolute atomic E-state index is 12.4. The normalized spacial score (nSPS) is 11.3. The summed E-state index contributed by atoms with van der Waals surface area (Å²) in [7, 11) is -3.64. The summed E-state index contributed by atoms with van der Waals surface area (Å²) in [6, 6.07) is 12.9. The van der Waals surface area contributed by atoms with Gasteiger partial charge in [-0.3, -0.25) is 4.79 Å². The molecule has 25 heavy (non-hydrogen) atoms. The first kappa shape index (κ1) is 19.4. The van der Waals surface area contributed by atoms with Gasteiger partial charge in [-0.15, -0.1) is 0 Å². The second kappa shape index (κ2) is 8.47. The fraction of sp³-hybridized carbons (Fsp3) is 0.278. The van der Waals surface area contributed by atoms with E-state index in [0.29, 0.717) is 23.7 Å². The molecule has 0 heterocycles. The van der Waals surface area contributed by atoms with Crippen LogP contribution in [0.25, 0.3) is 0 Å². The molecule has 2 aromatic carbocycles. The van der Waals surface area contributed by atoms with E-state index >= 15 is 0 Å². The van der Waals surface area contributed by atoms with Crippen LogP contribution >= 0.6 is 11.6 Å². The fourth-order valence-electron chi connectivity index (χ4n) is 2.38. The Morgan fingerprint density at radius 3 is 2.32 bits per heavy atom. The molecule has 0 aliphatic rings. The van der Waals surface area contributed by atoms with Crippen molar-refractivity contribution in [2.24, 2.45) is 0 Å². The van der Waals surface area contributed by atoms with Crippen LogP contribution in [0.5, 0.6) is 0 Å². The Labute approximate surface area is 153 Å². The number of carbonyl (C=O) groups is 1. The number of hydrogen-bond acceptors (Lipinski definition) is 3. The van der Waals surface area contributed by atoms with Crippen molar-refractivity contribution in [3.8, 4) is 0 Å². The zero-order chi connectivity index (χ0) is 18.4. The number of amides is 1. The molecule has 0 aliphatic carbocycles. The molecule has 1 N–H and O–H groups in total. The molecule has 1 amide bonds. The lowest BCUT2D eigenvalue weighted by molar-refractivity contribution is 0.0773. The number of nitrogens with one attached hydrogen (secondary N) is 1. The van der Waals surface area contributed by atoms with E-state index in [0.717, 1.165) is 5.56 Å². The van der Waals surface area contributed by atoms with Crippen molar-refractivity contribution < 1.29 is 13.2 Å². The summed E-state index contributed by atoms with van der Waals surface area (Å²) < 4.78 is 27.2. The van der Waals surface area contributed by atoms with Gasteiger partial charge in [-0.2, -0.15) is 0 Å². The van der Waals surface area contributed by atoms with Crippen LogP contribution in [-0.2, 0) is 16.6 Å². The standard InChI is InChI=1S/C18H21ClN2O3S/c1-3-21(4-2)18(22)15-7-5-6-14(12-15)13-20-25(23,24)17-10-8-16(19)9-11-17/h5-12,20H,3-4,13H2,1-2H3. The molecule has 0 aliphatic heterocycles. The Hall–Kier alpha value is -1.89. The zero-order valence-corrected chi connectivity index (χ0v) is 15.8. The molecule has 0 spiro atoms. The van der Waals surface area contributed by atoms with Gasteiger partial charge < -0.3 is 4.90 Å². The lowest BCUT2D eigenvalue weighted by atomic mass is 10.1. The third-order valence-electron chi connectivity index (χ3n) is 3.81. The second-order valence-electron chi connectivity index (χ2n) is 5.46. The van der Waals surface area contributed by atoms with Crippen LogP contribution in [-0.4, -0.2) is 32.3 Å². The summed E-state index contributed by atoms with van der Waals surface area (Å²) in [5.74, 6) is -0.0626. The van der Waals surface area contributed by atoms with Crippen molar-refractivity contribution in [1.29, 1.82) is 0 Å². The first-order valence-corrected chi connectivity index (χ1v) is 9.87. The SMILES string of the molecule is CCN(CC)C(=O)c1cccc(CNS(=O)(=O)c2ccc(Cl)cc2)c1. The molecule has 2 rings (SSSR count). The third-order valence-corrected chi connectivity index (χ3v) is 5.48. The van der Waals surface area contributed by atoms with Crippen LogP contribution in [0.4, 0.5) is 0 Å². The topological polar surface area (TPSA) is 66.5 Å². The van der Waals surface area contributed by atoms with Crippen molar-refractivity contribution in [1.82, 2.24) is 9.62 Å². The highest BCUT2D eigenvalue weighted by atomic mass is 35.5. The third kappa shape index (κ3) is 5.04. The van der Waals surface area contributed by atoms with Crippen LogP contribution in [0.15, 0.2) is 53.4 Å². The number of sulfonamides is 1. The summed E-state index contributed by atoms with van der Waals surface area (Å²) >= 11 is 5.78. The van der Waals surface area contributed by atoms with E-state index in [4.69, 9.17) is 11.6 Å². The quantitative estimate of drug-likeness (QED) is 0.801. The van der Waals surface area contributed by atoms with Crippen molar-refractivity contribution >= 4 is 27.5 Å². The molecule has 0 bridgehead atoms. The predicted octanol–water partition coefficient (Wildman–Crippen LogP) is 3.30. The van der Waals surface area contributed by atoms with Crippen molar-refractivity contribution in [3.05, 3.63) is 64.7 Å². The highest BCUT2D eigenvalue weighted by Crippen LogP contribution is 2.15. The lowest BCUT2D eigenvalue weighted by Crippen LogP contribution is -2.30. The first-order valence-electron chi connectivity index (χ1n) is 8.00. The Morgan fingerprint density at radius 1 is 1.08 bits per heavy atom. The van der Waals surface area contributed by atoms with Crippen molar-refractivity contribution in [2.45, 2.75) is 25.3 Å². The van der Waals surface area contributed by atoms with Gasteiger partial charge in [0.1, 0.15) is 0 Å². The second-order valence-corrected chi connectivity index (χ2v) is 7.66. The summed E-state index contributed by atoms with van der Waals surface area (Å²) in [5, 5.41) is 0.474. The summed E-state index contributed by atoms with van der Waals surface area (Å²) in [5.41, 5.74) is 1.27. The maximum atomic E-state index is 12.4. The van der Waals surface area contributed by atoms with E-state index in [9.17, 15) is 13.2 Å². The molecule has 2 aromatic rings. The molecule has 134 valence electrons. The monoisotopic (exact) mass is 380 g/mol. The van der Waals surface area contributed by atoms with Gasteiger partial charge in [-0.25, -0.2) is 13.1 Å². The van der Waals surface area contributed by atoms with Gasteiger partial charge in [0.25, 0.3) is 5.91 Å². The highest BCUT2D eigenvalue weighted by Gasteiger charge is 2.15. The minimum absolute atomic E-state index is 0.0626. The Balaban J connectivity index is 2.12. The molecule has 0 fully saturated rings. The zero-order valence-electron chi connectivity index (χ0n) is 14.2. The van der Waals surface area contributed by atoms with E-state index in [1.807, 2.05) is 13.8 Å². The average Bonchev–Trinajstić information content (AvgIpc) is 2.61. The van der Waals surface area contributed by atoms with E-state index < -0.39 is 10.0 Å². The number of carbonyl (C=O) groups excluding carboxylic acids is 1. The number of rotatable bonds is 7. The fourth-order valence-corrected chi connectivity index (χ4v) is 3.53. The van der Waals surface area contributed by atoms with Gasteiger partial charge in [0, 0.05) is 30.2 Å². The average molecular weight is 381 g/mol. The molecule has 0 radical (unpaired) electrons. The number of hydrogen-bond donors (Lipinski definition) is 1. The number of benzene rings is 2. The van der Waals surface area contributed by atoms with Gasteiger partial charge in [0.15, 0.2) is 0 Å². The van der Waals surface area contributed by atoms with Crippen LogP contribution in [0.3, 0.4) is 0 Å². The number of halogens is 1. The van der Waals surface area contributed by atoms with Crippen LogP contribution in [0, 0.1) is 0 Å². The molecular formula is C18H21ClN2O3S. The van der Waals surface area contributed by atoms with E-state index in [2.05, 4.69) is 4.72 Å². The smallest absolute Gasteiger partial charge is 0.253 e. The minimum Gasteiger partial charge on any atom is -0.339 e. The molecular weight excluding hydrogens is 360 g/mol. The summed E-state index contributed by atoms with van der Waals surface area (Å²) in [6.07, 6.45) is 0. The highest BCUT2D eigenvalue weighted by molar-refractivity contribution is 7.89. The Bertz CT molecular complexity index is 832. The van der Waals surface area contributed by atoms with Crippen molar-refractivity contribution in [3.63, 3.8) is 0 Å². The molecule has 0 aromatic heterocycles. The molecule has 0 atom stereocenters. The van der Waals surface area contributed by atoms with E-state index in [1.54, 1.807) is 29.2 Å². The van der Waals surface area contributed by atoms with Gasteiger partial charge in [0.2, 0.25) is 10.0 Å². The van der Waals surface area contributed by atoms with Gasteiger partial charge >= 0.3 is 0 Å². The van der Waals surface area contributed by atoms with E-state index in [1.165, 1.54) is 24.3 Å². The van der Waals surface area contributed by atoms with Gasteiger partial charge in [-0.05, 0) is 55.8 Å². The maximum Gasteiger partial charge on any atom is 0.253 e. The lowest BCUT2D eigenvalue weighted by Gasteiger charge is -2.19. The summed E-state index contributed by atoms with van der Waals surface area (Å²) in [6.45, 7) is 5.20. The van der Waals surface area contributed by atoms with Crippen LogP contribution < -0.4 is 4.72 Å². The molecule has 7 heteroatoms. The number of nitrogens with zero attached hydrogens (tertiary/aromatic N) is 1. The van der Waals surface area contributed by atoms with Crippen LogP contribution in [0.1, 0.15) is 29.8 Å². The molecule has 5 nitrogen and oxygen atoms in total. The van der Waals surface area contributed by atoms with E-state index in [-0.39, 0.29) is 17.3 Å². The molecule has 0 saturated carbocycles. The minimum atomic E-state index is -3.64. The van der Waals surface area contributed by atoms with Crippen LogP contribution in [0.2, 0.25) is 5.02 Å². The Kier molecular flexibility index (Phi) is 6.58. The predicted molar refractivity (Wildman–Crippen MR) is 99.2 cm³/mol. The summed E-state index contributed by atoms with van der Waals surface area (Å²) in [4.78, 5) is 14.3. The first-order chi connectivity index (χ1) is 11.9. The molecule has 0 unspecified atom stereocenters. The molecule has 0 saturated heterocycles.